The SMILES string of the molecule is COCOC(c1cc(C(C)C(C)(C)C)cc(C(OC)(C(F)(F)F)C(F)(F)F)c1)(C(F)(F)F)C(F)(F)F. The van der Waals surface area contributed by atoms with E-state index >= 15 is 0 Å². The Morgan fingerprint density at radius 1 is 0.639 bits per heavy atom. The summed E-state index contributed by atoms with van der Waals surface area (Å²) in [6.45, 7) is 3.87. The topological polar surface area (TPSA) is 27.7 Å². The minimum absolute atomic E-state index is 0.0112. The average molecular weight is 552 g/mol. The van der Waals surface area contributed by atoms with E-state index in [1.165, 1.54) is 27.7 Å². The van der Waals surface area contributed by atoms with Gasteiger partial charge in [0, 0.05) is 25.3 Å². The molecule has 0 saturated carbocycles. The fraction of sp³-hybridized carbons (Fsp3) is 0.714. The summed E-state index contributed by atoms with van der Waals surface area (Å²) in [6, 6.07) is -0.0407. The standard InChI is InChI=1S/C21H24F12O3/c1-11(15(2,3)4)12-7-13(16(35-6,18(22,23)24)19(25,26)27)9-14(8-12)17(20(28,29)30,21(31,32)33)36-10-34-5/h7-9,11H,10H2,1-6H3. The van der Waals surface area contributed by atoms with Crippen LogP contribution >= 0.6 is 0 Å². The smallest absolute Gasteiger partial charge is 0.359 e. The largest absolute Gasteiger partial charge is 0.430 e. The Bertz CT molecular complexity index is 864. The zero-order chi connectivity index (χ0) is 28.8. The summed E-state index contributed by atoms with van der Waals surface area (Å²) in [6.07, 6.45) is -25.5. The zero-order valence-electron chi connectivity index (χ0n) is 19.8. The summed E-state index contributed by atoms with van der Waals surface area (Å²) in [5.41, 5.74) is -16.4. The zero-order valence-corrected chi connectivity index (χ0v) is 19.8. The summed E-state index contributed by atoms with van der Waals surface area (Å²) < 4.78 is 180. The lowest BCUT2D eigenvalue weighted by Crippen LogP contribution is -2.57. The van der Waals surface area contributed by atoms with Gasteiger partial charge in [0.2, 0.25) is 0 Å². The summed E-state index contributed by atoms with van der Waals surface area (Å²) in [7, 11) is 0.660. The van der Waals surface area contributed by atoms with Crippen molar-refractivity contribution < 1.29 is 66.9 Å². The van der Waals surface area contributed by atoms with Crippen molar-refractivity contribution in [3.05, 3.63) is 34.9 Å². The van der Waals surface area contributed by atoms with Gasteiger partial charge in [-0.3, -0.25) is 0 Å². The normalized spacial score (nSPS) is 15.8. The maximum Gasteiger partial charge on any atom is 0.430 e. The third-order valence-electron chi connectivity index (χ3n) is 5.86. The number of hydrogen-bond donors (Lipinski definition) is 0. The lowest BCUT2D eigenvalue weighted by atomic mass is 9.74. The molecule has 3 nitrogen and oxygen atoms in total. The van der Waals surface area contributed by atoms with Crippen molar-refractivity contribution in [1.29, 1.82) is 0 Å². The van der Waals surface area contributed by atoms with Crippen molar-refractivity contribution in [2.45, 2.75) is 69.5 Å². The lowest BCUT2D eigenvalue weighted by molar-refractivity contribution is -0.400. The molecule has 1 atom stereocenters. The molecule has 0 bridgehead atoms. The van der Waals surface area contributed by atoms with Crippen LogP contribution in [-0.4, -0.2) is 45.7 Å². The molecule has 1 aromatic carbocycles. The van der Waals surface area contributed by atoms with Crippen molar-refractivity contribution in [1.82, 2.24) is 0 Å². The van der Waals surface area contributed by atoms with Gasteiger partial charge < -0.3 is 14.2 Å². The first-order chi connectivity index (χ1) is 15.8. The van der Waals surface area contributed by atoms with Crippen LogP contribution in [0.5, 0.6) is 0 Å². The van der Waals surface area contributed by atoms with Crippen LogP contribution in [0.3, 0.4) is 0 Å². The fourth-order valence-corrected chi connectivity index (χ4v) is 3.53. The molecular formula is C21H24F12O3. The van der Waals surface area contributed by atoms with E-state index in [-0.39, 0.29) is 19.2 Å². The van der Waals surface area contributed by atoms with Gasteiger partial charge in [0.15, 0.2) is 0 Å². The van der Waals surface area contributed by atoms with Gasteiger partial charge in [-0.1, -0.05) is 39.8 Å². The van der Waals surface area contributed by atoms with Crippen LogP contribution in [0.4, 0.5) is 52.7 Å². The van der Waals surface area contributed by atoms with E-state index in [9.17, 15) is 52.7 Å². The van der Waals surface area contributed by atoms with Crippen LogP contribution in [0.25, 0.3) is 0 Å². The Kier molecular flexibility index (Phi) is 8.84. The van der Waals surface area contributed by atoms with Crippen LogP contribution in [-0.2, 0) is 25.4 Å². The molecule has 0 spiro atoms. The molecule has 1 aromatic rings. The summed E-state index contributed by atoms with van der Waals surface area (Å²) >= 11 is 0. The maximum atomic E-state index is 14.0. The van der Waals surface area contributed by atoms with Gasteiger partial charge in [0.25, 0.3) is 11.2 Å². The summed E-state index contributed by atoms with van der Waals surface area (Å²) in [5.74, 6) is -1.13. The van der Waals surface area contributed by atoms with E-state index < -0.39 is 76.8 Å². The molecule has 15 heteroatoms. The van der Waals surface area contributed by atoms with Gasteiger partial charge in [-0.25, -0.2) is 0 Å². The first kappa shape index (κ1) is 32.3. The molecular weight excluding hydrogens is 528 g/mol. The Labute approximate surface area is 198 Å². The van der Waals surface area contributed by atoms with Crippen molar-refractivity contribution in [3.8, 4) is 0 Å². The van der Waals surface area contributed by atoms with E-state index in [1.54, 1.807) is 0 Å². The van der Waals surface area contributed by atoms with Crippen LogP contribution in [0, 0.1) is 5.41 Å². The average Bonchev–Trinajstić information content (AvgIpc) is 2.63. The van der Waals surface area contributed by atoms with Gasteiger partial charge in [0.05, 0.1) is 0 Å². The monoisotopic (exact) mass is 552 g/mol. The Morgan fingerprint density at radius 2 is 1.00 bits per heavy atom. The molecule has 0 heterocycles. The molecule has 1 rings (SSSR count). The van der Waals surface area contributed by atoms with Crippen LogP contribution < -0.4 is 0 Å². The molecule has 0 fully saturated rings. The van der Waals surface area contributed by atoms with Gasteiger partial charge >= 0.3 is 24.7 Å². The van der Waals surface area contributed by atoms with E-state index in [0.717, 1.165) is 0 Å². The van der Waals surface area contributed by atoms with E-state index in [1.807, 2.05) is 0 Å². The van der Waals surface area contributed by atoms with E-state index in [4.69, 9.17) is 0 Å². The highest BCUT2D eigenvalue weighted by Gasteiger charge is 2.76. The highest BCUT2D eigenvalue weighted by molar-refractivity contribution is 5.42. The highest BCUT2D eigenvalue weighted by Crippen LogP contribution is 2.57. The summed E-state index contributed by atoms with van der Waals surface area (Å²) in [5, 5.41) is 0. The Balaban J connectivity index is 4.42. The van der Waals surface area contributed by atoms with Gasteiger partial charge in [-0.2, -0.15) is 52.7 Å². The minimum Gasteiger partial charge on any atom is -0.359 e. The predicted octanol–water partition coefficient (Wildman–Crippen LogP) is 7.74. The Hall–Kier alpha value is -1.74. The Morgan fingerprint density at radius 3 is 1.28 bits per heavy atom. The van der Waals surface area contributed by atoms with Crippen LogP contribution in [0.15, 0.2) is 18.2 Å². The van der Waals surface area contributed by atoms with Gasteiger partial charge in [0.1, 0.15) is 6.79 Å². The number of alkyl halides is 12. The number of hydrogen-bond acceptors (Lipinski definition) is 3. The minimum atomic E-state index is -6.39. The quantitative estimate of drug-likeness (QED) is 0.256. The predicted molar refractivity (Wildman–Crippen MR) is 102 cm³/mol. The van der Waals surface area contributed by atoms with Gasteiger partial charge in [-0.15, -0.1) is 0 Å². The van der Waals surface area contributed by atoms with Gasteiger partial charge in [-0.05, 0) is 23.0 Å². The maximum absolute atomic E-state index is 14.0. The molecule has 0 aromatic heterocycles. The first-order valence-electron chi connectivity index (χ1n) is 9.96. The second-order valence-electron chi connectivity index (χ2n) is 9.04. The third-order valence-corrected chi connectivity index (χ3v) is 5.86. The molecule has 0 saturated heterocycles. The highest BCUT2D eigenvalue weighted by atomic mass is 19.4. The van der Waals surface area contributed by atoms with Crippen LogP contribution in [0.1, 0.15) is 50.3 Å². The van der Waals surface area contributed by atoms with Crippen molar-refractivity contribution in [2.75, 3.05) is 21.0 Å². The fourth-order valence-electron chi connectivity index (χ4n) is 3.53. The molecule has 0 aliphatic heterocycles. The molecule has 0 amide bonds. The number of halogens is 12. The molecule has 0 radical (unpaired) electrons. The molecule has 0 aliphatic carbocycles. The lowest BCUT2D eigenvalue weighted by Gasteiger charge is -2.40. The second-order valence-corrected chi connectivity index (χ2v) is 9.04. The first-order valence-corrected chi connectivity index (χ1v) is 9.96. The molecule has 1 unspecified atom stereocenters. The van der Waals surface area contributed by atoms with Crippen molar-refractivity contribution in [3.63, 3.8) is 0 Å². The number of methoxy groups -OCH3 is 2. The second kappa shape index (κ2) is 9.86. The molecule has 0 aliphatic rings. The molecule has 210 valence electrons. The number of benzene rings is 1. The molecule has 0 N–H and O–H groups in total. The summed E-state index contributed by atoms with van der Waals surface area (Å²) in [4.78, 5) is 0. The molecule has 36 heavy (non-hydrogen) atoms. The van der Waals surface area contributed by atoms with Crippen molar-refractivity contribution in [2.24, 2.45) is 5.41 Å². The van der Waals surface area contributed by atoms with Crippen LogP contribution in [0.2, 0.25) is 0 Å². The van der Waals surface area contributed by atoms with E-state index in [0.29, 0.717) is 7.11 Å². The van der Waals surface area contributed by atoms with E-state index in [2.05, 4.69) is 14.2 Å². The number of rotatable bonds is 7. The third kappa shape index (κ3) is 5.42. The van der Waals surface area contributed by atoms with Crippen molar-refractivity contribution >= 4 is 0 Å². The number of ether oxygens (including phenoxy) is 3.